The molecule has 16 nitrogen and oxygen atoms in total. The Kier molecular flexibility index (Phi) is 25.8. The van der Waals surface area contributed by atoms with Gasteiger partial charge in [0.1, 0.15) is 6.10 Å². The average Bonchev–Trinajstić information content (AvgIpc) is 1.76. The summed E-state index contributed by atoms with van der Waals surface area (Å²) in [6.07, 6.45) is -1.98. The molecule has 19 heteroatoms. The van der Waals surface area contributed by atoms with Crippen molar-refractivity contribution in [3.63, 3.8) is 0 Å². The van der Waals surface area contributed by atoms with Crippen LogP contribution in [0, 0.1) is 94.2 Å². The standard InChI is InChI=1S/C65H114Cl3NO15/c1-22-44-30(8)29(7)37(15)57(71-44)78-51-31(9)38(16)58(72-45(51)23-2)79-52-32(10)39(17)59(73-46(52)24-3)80-53-33(11)40(18)60(74-47(53)25-4)81-54-34(12)41(19)61(75-48(54)26-5)82-55-35(13)42(20)62(76-49(55)27-6)83-56-36(14)43(21)63(77-50(56)28-70)84-64(69)65(66,67)68/h29-63,69-70H,22-28H2,1-21H3/t29-,30+,31?,32?,33?,34?,35?,36?,37?,38+,39?,40?,41+,42+,43?,44?,45?,46+,47+,48?,49?,50+,51+,52-,53-,54+,55+,56-,57-,58-,59+,60+,61-,62-,63?/m0/s1. The van der Waals surface area contributed by atoms with E-state index in [2.05, 4.69) is 132 Å². The topological polar surface area (TPSA) is 173 Å². The fourth-order valence-corrected chi connectivity index (χ4v) is 14.9. The lowest BCUT2D eigenvalue weighted by Crippen LogP contribution is -2.60. The van der Waals surface area contributed by atoms with E-state index in [9.17, 15) is 5.11 Å². The molecule has 7 heterocycles. The summed E-state index contributed by atoms with van der Waals surface area (Å²) in [5.74, 6) is 0.857. The Labute approximate surface area is 521 Å². The number of hydrogen-bond acceptors (Lipinski definition) is 16. The van der Waals surface area contributed by atoms with Gasteiger partial charge in [-0.15, -0.1) is 0 Å². The van der Waals surface area contributed by atoms with Crippen LogP contribution in [0.25, 0.3) is 0 Å². The van der Waals surface area contributed by atoms with Crippen LogP contribution >= 0.6 is 34.8 Å². The van der Waals surface area contributed by atoms with Gasteiger partial charge in [0, 0.05) is 41.4 Å². The van der Waals surface area contributed by atoms with Gasteiger partial charge in [0.15, 0.2) is 37.7 Å². The van der Waals surface area contributed by atoms with Gasteiger partial charge < -0.3 is 71.4 Å². The number of aliphatic hydroxyl groups is 1. The molecule has 0 saturated carbocycles. The van der Waals surface area contributed by atoms with E-state index in [0.29, 0.717) is 18.3 Å². The second kappa shape index (κ2) is 30.5. The van der Waals surface area contributed by atoms with Gasteiger partial charge in [0.25, 0.3) is 3.79 Å². The second-order valence-corrected chi connectivity index (χ2v) is 29.6. The van der Waals surface area contributed by atoms with Crippen molar-refractivity contribution in [3.8, 4) is 0 Å². The van der Waals surface area contributed by atoms with Gasteiger partial charge in [-0.1, -0.05) is 180 Å². The Morgan fingerprint density at radius 2 is 0.512 bits per heavy atom. The predicted octanol–water partition coefficient (Wildman–Crippen LogP) is 13.7. The van der Waals surface area contributed by atoms with E-state index in [1.54, 1.807) is 0 Å². The average molecular weight is 1260 g/mol. The summed E-state index contributed by atoms with van der Waals surface area (Å²) >= 11 is 17.8. The Balaban J connectivity index is 0.940. The van der Waals surface area contributed by atoms with Crippen LogP contribution in [-0.2, 0) is 66.3 Å². The van der Waals surface area contributed by atoms with Crippen LogP contribution in [0.4, 0.5) is 0 Å². The molecule has 2 N–H and O–H groups in total. The third-order valence-electron chi connectivity index (χ3n) is 22.5. The first-order valence-electron chi connectivity index (χ1n) is 33.0. The molecule has 0 aliphatic carbocycles. The van der Waals surface area contributed by atoms with Crippen LogP contribution in [0.15, 0.2) is 0 Å². The van der Waals surface area contributed by atoms with Gasteiger partial charge in [-0.2, -0.15) is 0 Å². The molecule has 7 fully saturated rings. The summed E-state index contributed by atoms with van der Waals surface area (Å²) < 4.78 is 93.4. The molecule has 0 radical (unpaired) electrons. The maximum atomic E-state index is 10.5. The van der Waals surface area contributed by atoms with Gasteiger partial charge in [-0.3, -0.25) is 5.41 Å². The van der Waals surface area contributed by atoms with E-state index in [-0.39, 0.29) is 157 Å². The van der Waals surface area contributed by atoms with Crippen LogP contribution < -0.4 is 0 Å². The summed E-state index contributed by atoms with van der Waals surface area (Å²) in [7, 11) is 0. The Hall–Kier alpha value is -0.220. The zero-order chi connectivity index (χ0) is 62.1. The minimum Gasteiger partial charge on any atom is -0.448 e. The molecule has 7 aliphatic rings. The van der Waals surface area contributed by atoms with Crippen molar-refractivity contribution < 1.29 is 71.4 Å². The molecule has 7 rings (SSSR count). The molecule has 0 spiro atoms. The highest BCUT2D eigenvalue weighted by molar-refractivity contribution is 6.76. The predicted molar refractivity (Wildman–Crippen MR) is 325 cm³/mol. The molecule has 0 aromatic heterocycles. The molecule has 0 aromatic carbocycles. The number of rotatable bonds is 20. The van der Waals surface area contributed by atoms with Crippen LogP contribution in [0.2, 0.25) is 0 Å². The number of aliphatic hydroxyl groups excluding tert-OH is 1. The van der Waals surface area contributed by atoms with Crippen molar-refractivity contribution in [1.29, 1.82) is 5.41 Å². The molecule has 35 atom stereocenters. The summed E-state index contributed by atoms with van der Waals surface area (Å²) in [4.78, 5) is 0. The van der Waals surface area contributed by atoms with Crippen molar-refractivity contribution >= 4 is 40.7 Å². The van der Waals surface area contributed by atoms with Crippen LogP contribution in [-0.4, -0.2) is 145 Å². The van der Waals surface area contributed by atoms with E-state index in [4.69, 9.17) is 107 Å². The minimum atomic E-state index is -2.05. The lowest BCUT2D eigenvalue weighted by molar-refractivity contribution is -0.370. The molecule has 84 heavy (non-hydrogen) atoms. The van der Waals surface area contributed by atoms with E-state index < -0.39 is 59.6 Å². The zero-order valence-corrected chi connectivity index (χ0v) is 57.2. The smallest absolute Gasteiger partial charge is 0.265 e. The lowest BCUT2D eigenvalue weighted by Gasteiger charge is -2.52. The number of hydrogen-bond donors (Lipinski definition) is 2. The molecule has 0 aromatic rings. The molecule has 7 saturated heterocycles. The number of halogens is 3. The normalized spacial score (nSPS) is 50.7. The first-order chi connectivity index (χ1) is 39.6. The van der Waals surface area contributed by atoms with Gasteiger partial charge >= 0.3 is 0 Å². The third kappa shape index (κ3) is 15.1. The van der Waals surface area contributed by atoms with Crippen molar-refractivity contribution in [2.24, 2.45) is 88.8 Å². The van der Waals surface area contributed by atoms with E-state index in [1.165, 1.54) is 0 Å². The fourth-order valence-electron chi connectivity index (χ4n) is 14.8. The number of alkyl halides is 3. The third-order valence-corrected chi connectivity index (χ3v) is 23.0. The van der Waals surface area contributed by atoms with Gasteiger partial charge in [0.05, 0.1) is 79.9 Å². The Bertz CT molecular complexity index is 2020. The van der Waals surface area contributed by atoms with Gasteiger partial charge in [0.2, 0.25) is 12.2 Å². The maximum absolute atomic E-state index is 10.5. The first-order valence-corrected chi connectivity index (χ1v) is 34.2. The maximum Gasteiger partial charge on any atom is 0.265 e. The molecule has 15 unspecified atom stereocenters. The van der Waals surface area contributed by atoms with Gasteiger partial charge in [-0.05, 0) is 85.9 Å². The largest absolute Gasteiger partial charge is 0.448 e. The Morgan fingerprint density at radius 3 is 0.738 bits per heavy atom. The second-order valence-electron chi connectivity index (χ2n) is 27.4. The number of nitrogens with one attached hydrogen (secondary N) is 1. The van der Waals surface area contributed by atoms with Crippen molar-refractivity contribution in [2.75, 3.05) is 6.61 Å². The van der Waals surface area contributed by atoms with E-state index >= 15 is 0 Å². The van der Waals surface area contributed by atoms with Crippen molar-refractivity contribution in [2.45, 2.75) is 311 Å². The quantitative estimate of drug-likeness (QED) is 0.0669. The highest BCUT2D eigenvalue weighted by atomic mass is 35.6. The SMILES string of the molecule is CCC1O[C@@H](O[C@H]2C(CC)O[C@@H](O[C@H]3C(C)C(C)C(OC(=N)C(Cl)(Cl)Cl)O[C@@H]3CO)[C@H](C)C2C)[C@H](C)C(C)[C@H]1O[C@H]1O[C@H](CC)[C@@H](O[C@H]2O[C@H](CC)[C@@H](O[C@@H]3OC(CC)[C@H](O[C@@H]4OC(CC)[C@H](C)[C@H](C)C4C)C(C)[C@H]3C)C(C)C2C)C(C)C1C. The van der Waals surface area contributed by atoms with Crippen LogP contribution in [0.5, 0.6) is 0 Å². The fraction of sp³-hybridized carbons (Fsp3) is 0.985. The van der Waals surface area contributed by atoms with Crippen molar-refractivity contribution in [3.05, 3.63) is 0 Å². The molecule has 0 bridgehead atoms. The molecular weight excluding hydrogens is 1140 g/mol. The van der Waals surface area contributed by atoms with E-state index in [1.807, 2.05) is 13.8 Å². The highest BCUT2D eigenvalue weighted by Crippen LogP contribution is 2.48. The first kappa shape index (κ1) is 71.2. The lowest BCUT2D eigenvalue weighted by atomic mass is 9.78. The molecule has 490 valence electrons. The highest BCUT2D eigenvalue weighted by Gasteiger charge is 2.55. The van der Waals surface area contributed by atoms with E-state index in [0.717, 1.165) is 32.1 Å². The monoisotopic (exact) mass is 1250 g/mol. The minimum absolute atomic E-state index is 0.0128. The molecular formula is C65H114Cl3NO15. The molecule has 0 amide bonds. The summed E-state index contributed by atoms with van der Waals surface area (Å²) in [5, 5.41) is 18.6. The Morgan fingerprint density at radius 1 is 0.310 bits per heavy atom. The number of ether oxygens (including phenoxy) is 14. The summed E-state index contributed by atoms with van der Waals surface area (Å²) in [5.41, 5.74) is 0. The van der Waals surface area contributed by atoms with Crippen LogP contribution in [0.1, 0.15) is 184 Å². The van der Waals surface area contributed by atoms with Gasteiger partial charge in [-0.25, -0.2) is 0 Å². The van der Waals surface area contributed by atoms with Crippen molar-refractivity contribution in [1.82, 2.24) is 0 Å². The summed E-state index contributed by atoms with van der Waals surface area (Å²) in [6, 6.07) is 0. The molecule has 7 aliphatic heterocycles. The summed E-state index contributed by atoms with van der Waals surface area (Å²) in [6.45, 7) is 45.8. The zero-order valence-electron chi connectivity index (χ0n) is 55.0. The van der Waals surface area contributed by atoms with Crippen LogP contribution in [0.3, 0.4) is 0 Å².